The number of hydrogen-bond donors (Lipinski definition) is 1. The number of rotatable bonds is 2. The summed E-state index contributed by atoms with van der Waals surface area (Å²) in [6.07, 6.45) is 2.76. The number of aliphatic hydroxyl groups is 1. The predicted molar refractivity (Wildman–Crippen MR) is 35.9 cm³/mol. The summed E-state index contributed by atoms with van der Waals surface area (Å²) >= 11 is 0. The lowest BCUT2D eigenvalue weighted by Crippen LogP contribution is -1.84. The molecule has 0 bridgehead atoms. The molecule has 1 aromatic carbocycles. The first-order valence-electron chi connectivity index (χ1n) is 2.83. The van der Waals surface area contributed by atoms with Crippen molar-refractivity contribution in [3.05, 3.63) is 42.3 Å². The van der Waals surface area contributed by atoms with E-state index in [2.05, 4.69) is 6.42 Å². The summed E-state index contributed by atoms with van der Waals surface area (Å²) in [5.41, 5.74) is 0.944. The molecule has 1 aromatic rings. The van der Waals surface area contributed by atoms with Crippen molar-refractivity contribution in [1.82, 2.24) is 0 Å². The van der Waals surface area contributed by atoms with Crippen molar-refractivity contribution >= 4 is 0 Å². The molecule has 46 valence electrons. The second-order valence-electron chi connectivity index (χ2n) is 1.70. The van der Waals surface area contributed by atoms with Gasteiger partial charge >= 0.3 is 0 Å². The number of aliphatic hydroxyl groups excluding tert-OH is 1. The van der Waals surface area contributed by atoms with Gasteiger partial charge in [-0.25, -0.2) is 0 Å². The van der Waals surface area contributed by atoms with Crippen molar-refractivity contribution < 1.29 is 5.11 Å². The third kappa shape index (κ3) is 1.86. The van der Waals surface area contributed by atoms with E-state index in [1.807, 2.05) is 30.3 Å². The highest BCUT2D eigenvalue weighted by Crippen LogP contribution is 1.99. The summed E-state index contributed by atoms with van der Waals surface area (Å²) in [6.45, 7) is -0.00991. The van der Waals surface area contributed by atoms with Gasteiger partial charge in [0.25, 0.3) is 0 Å². The monoisotopic (exact) mass is 120 g/mol. The normalized spacial score (nSPS) is 9.44. The van der Waals surface area contributed by atoms with Gasteiger partial charge in [-0.3, -0.25) is 0 Å². The van der Waals surface area contributed by atoms with Crippen LogP contribution in [0.25, 0.3) is 0 Å². The smallest absolute Gasteiger partial charge is 0.0547 e. The van der Waals surface area contributed by atoms with Gasteiger partial charge in [-0.1, -0.05) is 30.3 Å². The molecule has 0 heterocycles. The van der Waals surface area contributed by atoms with Crippen LogP contribution in [0.5, 0.6) is 0 Å². The van der Waals surface area contributed by atoms with E-state index in [1.54, 1.807) is 0 Å². The van der Waals surface area contributed by atoms with Gasteiger partial charge in [-0.2, -0.15) is 0 Å². The SMILES string of the molecule is OC[C]c1ccccc1. The van der Waals surface area contributed by atoms with Crippen LogP contribution in [-0.4, -0.2) is 11.7 Å². The van der Waals surface area contributed by atoms with Gasteiger partial charge < -0.3 is 5.11 Å². The Bertz CT molecular complexity index is 157. The van der Waals surface area contributed by atoms with Crippen LogP contribution in [0.4, 0.5) is 0 Å². The Labute approximate surface area is 55.0 Å². The van der Waals surface area contributed by atoms with Crippen LogP contribution >= 0.6 is 0 Å². The molecule has 2 radical (unpaired) electrons. The third-order valence-corrected chi connectivity index (χ3v) is 1.06. The molecular weight excluding hydrogens is 112 g/mol. The van der Waals surface area contributed by atoms with E-state index < -0.39 is 0 Å². The molecule has 0 amide bonds. The van der Waals surface area contributed by atoms with E-state index in [-0.39, 0.29) is 6.61 Å². The van der Waals surface area contributed by atoms with Crippen LogP contribution in [0.3, 0.4) is 0 Å². The molecule has 0 saturated heterocycles. The average Bonchev–Trinajstić information content (AvgIpc) is 1.91. The minimum absolute atomic E-state index is 0.00991. The molecule has 1 heteroatoms. The second-order valence-corrected chi connectivity index (χ2v) is 1.70. The fourth-order valence-electron chi connectivity index (χ4n) is 0.647. The maximum Gasteiger partial charge on any atom is 0.0547 e. The van der Waals surface area contributed by atoms with Crippen molar-refractivity contribution in [3.8, 4) is 0 Å². The predicted octanol–water partition coefficient (Wildman–Crippen LogP) is 1.11. The third-order valence-electron chi connectivity index (χ3n) is 1.06. The molecule has 0 aliphatic rings. The van der Waals surface area contributed by atoms with Gasteiger partial charge in [0, 0.05) is 6.42 Å². The molecule has 1 rings (SSSR count). The Balaban J connectivity index is 2.61. The van der Waals surface area contributed by atoms with Crippen LogP contribution in [0.2, 0.25) is 0 Å². The largest absolute Gasteiger partial charge is 0.395 e. The average molecular weight is 120 g/mol. The van der Waals surface area contributed by atoms with Gasteiger partial charge in [0.2, 0.25) is 0 Å². The lowest BCUT2D eigenvalue weighted by Gasteiger charge is -1.92. The summed E-state index contributed by atoms with van der Waals surface area (Å²) in [6, 6.07) is 9.56. The second kappa shape index (κ2) is 3.25. The van der Waals surface area contributed by atoms with Gasteiger partial charge in [0.1, 0.15) is 0 Å². The van der Waals surface area contributed by atoms with Crippen molar-refractivity contribution in [2.45, 2.75) is 0 Å². The zero-order valence-electron chi connectivity index (χ0n) is 5.04. The van der Waals surface area contributed by atoms with E-state index in [1.165, 1.54) is 0 Å². The Morgan fingerprint density at radius 3 is 2.44 bits per heavy atom. The highest BCUT2D eigenvalue weighted by Gasteiger charge is 1.86. The van der Waals surface area contributed by atoms with Crippen molar-refractivity contribution in [2.75, 3.05) is 6.61 Å². The van der Waals surface area contributed by atoms with Crippen LogP contribution in [0.1, 0.15) is 5.56 Å². The first kappa shape index (κ1) is 6.30. The summed E-state index contributed by atoms with van der Waals surface area (Å²) in [5.74, 6) is 0. The minimum Gasteiger partial charge on any atom is -0.395 e. The van der Waals surface area contributed by atoms with E-state index >= 15 is 0 Å². The Kier molecular flexibility index (Phi) is 2.28. The molecule has 1 N–H and O–H groups in total. The van der Waals surface area contributed by atoms with Crippen molar-refractivity contribution in [2.24, 2.45) is 0 Å². The van der Waals surface area contributed by atoms with E-state index in [9.17, 15) is 0 Å². The van der Waals surface area contributed by atoms with Crippen LogP contribution in [0, 0.1) is 6.42 Å². The summed E-state index contributed by atoms with van der Waals surface area (Å²) in [5, 5.41) is 8.41. The summed E-state index contributed by atoms with van der Waals surface area (Å²) in [7, 11) is 0. The van der Waals surface area contributed by atoms with Crippen LogP contribution in [0.15, 0.2) is 30.3 Å². The van der Waals surface area contributed by atoms with Crippen molar-refractivity contribution in [3.63, 3.8) is 0 Å². The minimum atomic E-state index is -0.00991. The molecule has 0 unspecified atom stereocenters. The molecule has 0 fully saturated rings. The summed E-state index contributed by atoms with van der Waals surface area (Å²) in [4.78, 5) is 0. The number of hydrogen-bond acceptors (Lipinski definition) is 1. The highest BCUT2D eigenvalue weighted by molar-refractivity contribution is 5.21. The fourth-order valence-corrected chi connectivity index (χ4v) is 0.647. The van der Waals surface area contributed by atoms with Crippen LogP contribution in [-0.2, 0) is 0 Å². The van der Waals surface area contributed by atoms with E-state index in [4.69, 9.17) is 5.11 Å². The van der Waals surface area contributed by atoms with Crippen LogP contribution < -0.4 is 0 Å². The summed E-state index contributed by atoms with van der Waals surface area (Å²) < 4.78 is 0. The standard InChI is InChI=1S/C8H8O/c9-7-6-8-4-2-1-3-5-8/h1-5,9H,7H2. The lowest BCUT2D eigenvalue weighted by atomic mass is 10.2. The molecule has 0 aromatic heterocycles. The van der Waals surface area contributed by atoms with Gasteiger partial charge in [0.05, 0.1) is 6.61 Å². The quantitative estimate of drug-likeness (QED) is 0.619. The molecule has 0 saturated carbocycles. The first-order valence-corrected chi connectivity index (χ1v) is 2.83. The zero-order valence-corrected chi connectivity index (χ0v) is 5.04. The topological polar surface area (TPSA) is 20.2 Å². The lowest BCUT2D eigenvalue weighted by molar-refractivity contribution is 0.331. The first-order chi connectivity index (χ1) is 4.43. The van der Waals surface area contributed by atoms with Gasteiger partial charge in [-0.05, 0) is 5.56 Å². The number of benzene rings is 1. The van der Waals surface area contributed by atoms with Crippen molar-refractivity contribution in [1.29, 1.82) is 0 Å². The van der Waals surface area contributed by atoms with E-state index in [0.717, 1.165) is 5.56 Å². The van der Waals surface area contributed by atoms with E-state index in [0.29, 0.717) is 0 Å². The molecule has 0 spiro atoms. The maximum absolute atomic E-state index is 8.41. The molecular formula is C8H8O. The molecule has 0 aliphatic heterocycles. The Morgan fingerprint density at radius 1 is 1.22 bits per heavy atom. The molecule has 0 aliphatic carbocycles. The zero-order chi connectivity index (χ0) is 6.53. The molecule has 9 heavy (non-hydrogen) atoms. The Hall–Kier alpha value is -0.820. The molecule has 0 atom stereocenters. The fraction of sp³-hybridized carbons (Fsp3) is 0.125. The molecule has 1 nitrogen and oxygen atoms in total. The Morgan fingerprint density at radius 2 is 1.89 bits per heavy atom. The van der Waals surface area contributed by atoms with Gasteiger partial charge in [-0.15, -0.1) is 0 Å². The highest BCUT2D eigenvalue weighted by atomic mass is 16.2. The maximum atomic E-state index is 8.41. The van der Waals surface area contributed by atoms with Gasteiger partial charge in [0.15, 0.2) is 0 Å².